The quantitative estimate of drug-likeness (QED) is 0.645. The fraction of sp³-hybridized carbons (Fsp3) is 0.185. The number of carbonyl (C=O) groups excluding carboxylic acids is 1. The van der Waals surface area contributed by atoms with Crippen molar-refractivity contribution in [2.75, 3.05) is 12.4 Å². The van der Waals surface area contributed by atoms with Crippen LogP contribution in [0.2, 0.25) is 0 Å². The molecule has 5 rings (SSSR count). The summed E-state index contributed by atoms with van der Waals surface area (Å²) in [5, 5.41) is 30.2. The summed E-state index contributed by atoms with van der Waals surface area (Å²) in [6, 6.07) is 26.8. The van der Waals surface area contributed by atoms with Gasteiger partial charge in [-0.1, -0.05) is 54.6 Å². The van der Waals surface area contributed by atoms with Gasteiger partial charge in [0.25, 0.3) is 0 Å². The number of benzene rings is 3. The molecular formula is C27H21N5O2. The Morgan fingerprint density at radius 1 is 1.00 bits per heavy atom. The molecule has 7 heteroatoms. The van der Waals surface area contributed by atoms with Gasteiger partial charge < -0.3 is 10.1 Å². The highest BCUT2D eigenvalue weighted by atomic mass is 16.5. The topological polar surface area (TPSA) is 102 Å². The zero-order valence-corrected chi connectivity index (χ0v) is 18.4. The van der Waals surface area contributed by atoms with Crippen LogP contribution in [0.25, 0.3) is 0 Å². The van der Waals surface area contributed by atoms with E-state index in [4.69, 9.17) is 4.74 Å². The number of nitrogens with one attached hydrogen (secondary N) is 1. The van der Waals surface area contributed by atoms with Gasteiger partial charge >= 0.3 is 0 Å². The highest BCUT2D eigenvalue weighted by Crippen LogP contribution is 2.59. The lowest BCUT2D eigenvalue weighted by atomic mass is 9.68. The summed E-state index contributed by atoms with van der Waals surface area (Å²) in [6.07, 6.45) is 1.69. The summed E-state index contributed by atoms with van der Waals surface area (Å²) in [5.74, 6) is -0.445. The summed E-state index contributed by atoms with van der Waals surface area (Å²) >= 11 is 0. The number of amides is 1. The number of fused-ring (bicyclic) bond motifs is 3. The number of nitriles is 2. The van der Waals surface area contributed by atoms with Crippen LogP contribution in [0.15, 0.2) is 84.0 Å². The Balaban J connectivity index is 1.69. The zero-order valence-electron chi connectivity index (χ0n) is 18.4. The average molecular weight is 447 g/mol. The van der Waals surface area contributed by atoms with Crippen molar-refractivity contribution in [3.8, 4) is 17.9 Å². The van der Waals surface area contributed by atoms with E-state index < -0.39 is 23.4 Å². The van der Waals surface area contributed by atoms with Crippen LogP contribution < -0.4 is 10.1 Å². The highest BCUT2D eigenvalue weighted by Gasteiger charge is 2.65. The third kappa shape index (κ3) is 3.18. The van der Waals surface area contributed by atoms with E-state index in [-0.39, 0.29) is 5.91 Å². The minimum absolute atomic E-state index is 0.332. The lowest BCUT2D eigenvalue weighted by molar-refractivity contribution is -0.121. The summed E-state index contributed by atoms with van der Waals surface area (Å²) in [4.78, 5) is 13.7. The second kappa shape index (κ2) is 8.38. The van der Waals surface area contributed by atoms with Crippen molar-refractivity contribution in [3.63, 3.8) is 0 Å². The van der Waals surface area contributed by atoms with Crippen molar-refractivity contribution < 1.29 is 9.53 Å². The Labute approximate surface area is 197 Å². The molecule has 166 valence electrons. The van der Waals surface area contributed by atoms with Crippen molar-refractivity contribution in [3.05, 3.63) is 95.6 Å². The van der Waals surface area contributed by atoms with E-state index in [1.54, 1.807) is 42.6 Å². The van der Waals surface area contributed by atoms with Gasteiger partial charge in [-0.25, -0.2) is 0 Å². The number of anilines is 1. The van der Waals surface area contributed by atoms with E-state index in [0.29, 0.717) is 17.0 Å². The zero-order chi connectivity index (χ0) is 23.7. The first kappa shape index (κ1) is 21.2. The summed E-state index contributed by atoms with van der Waals surface area (Å²) in [6.45, 7) is 0. The largest absolute Gasteiger partial charge is 0.497 e. The summed E-state index contributed by atoms with van der Waals surface area (Å²) < 4.78 is 5.29. The Morgan fingerprint density at radius 2 is 1.68 bits per heavy atom. The lowest BCUT2D eigenvalue weighted by Gasteiger charge is -2.33. The fourth-order valence-corrected chi connectivity index (χ4v) is 5.03. The van der Waals surface area contributed by atoms with Gasteiger partial charge in [-0.3, -0.25) is 9.80 Å². The molecule has 7 nitrogen and oxygen atoms in total. The van der Waals surface area contributed by atoms with E-state index >= 15 is 0 Å². The maximum atomic E-state index is 13.7. The van der Waals surface area contributed by atoms with Crippen molar-refractivity contribution in [1.29, 1.82) is 10.5 Å². The number of ether oxygens (including phenoxy) is 1. The molecule has 1 amide bonds. The van der Waals surface area contributed by atoms with E-state index in [2.05, 4.69) is 22.6 Å². The van der Waals surface area contributed by atoms with Crippen LogP contribution >= 0.6 is 0 Å². The second-order valence-corrected chi connectivity index (χ2v) is 8.30. The first-order valence-corrected chi connectivity index (χ1v) is 10.9. The molecule has 1 saturated heterocycles. The number of methoxy groups -OCH3 is 1. The molecule has 0 unspecified atom stereocenters. The van der Waals surface area contributed by atoms with Crippen LogP contribution in [0.5, 0.6) is 5.75 Å². The van der Waals surface area contributed by atoms with Crippen LogP contribution in [0.1, 0.15) is 28.7 Å². The number of nitrogens with zero attached hydrogens (tertiary/aromatic N) is 4. The smallest absolute Gasteiger partial charge is 0.249 e. The predicted octanol–water partition coefficient (Wildman–Crippen LogP) is 4.22. The first-order valence-electron chi connectivity index (χ1n) is 10.9. The highest BCUT2D eigenvalue weighted by molar-refractivity contribution is 5.97. The van der Waals surface area contributed by atoms with Gasteiger partial charge in [0.15, 0.2) is 5.41 Å². The molecule has 2 aliphatic rings. The van der Waals surface area contributed by atoms with Gasteiger partial charge in [0.05, 0.1) is 25.5 Å². The molecule has 0 spiro atoms. The molecule has 3 atom stereocenters. The number of hydrogen-bond donors (Lipinski definition) is 1. The molecule has 0 bridgehead atoms. The molecule has 34 heavy (non-hydrogen) atoms. The average Bonchev–Trinajstić information content (AvgIpc) is 3.20. The number of carbonyl (C=O) groups is 1. The minimum Gasteiger partial charge on any atom is -0.497 e. The Kier molecular flexibility index (Phi) is 5.24. The number of para-hydroxylation sites is 1. The molecule has 0 aliphatic carbocycles. The van der Waals surface area contributed by atoms with E-state index in [0.717, 1.165) is 11.1 Å². The maximum Gasteiger partial charge on any atom is 0.249 e. The van der Waals surface area contributed by atoms with Crippen LogP contribution in [0.3, 0.4) is 0 Å². The van der Waals surface area contributed by atoms with Crippen LogP contribution in [-0.2, 0) is 4.79 Å². The Hall–Kier alpha value is -4.62. The molecular weight excluding hydrogens is 426 g/mol. The minimum atomic E-state index is -1.55. The Bertz CT molecular complexity index is 1320. The van der Waals surface area contributed by atoms with Crippen LogP contribution in [0, 0.1) is 28.1 Å². The predicted molar refractivity (Wildman–Crippen MR) is 127 cm³/mol. The lowest BCUT2D eigenvalue weighted by Crippen LogP contribution is -2.41. The van der Waals surface area contributed by atoms with Crippen molar-refractivity contribution in [1.82, 2.24) is 5.01 Å². The summed E-state index contributed by atoms with van der Waals surface area (Å²) in [5.41, 5.74) is 1.40. The fourth-order valence-electron chi connectivity index (χ4n) is 5.03. The first-order chi connectivity index (χ1) is 16.6. The van der Waals surface area contributed by atoms with Gasteiger partial charge in [-0.05, 0) is 41.0 Å². The third-order valence-electron chi connectivity index (χ3n) is 6.56. The van der Waals surface area contributed by atoms with Gasteiger partial charge in [0.2, 0.25) is 5.91 Å². The van der Waals surface area contributed by atoms with E-state index in [9.17, 15) is 15.3 Å². The van der Waals surface area contributed by atoms with E-state index in [1.165, 1.54) is 0 Å². The molecule has 3 aromatic carbocycles. The van der Waals surface area contributed by atoms with Crippen LogP contribution in [0.4, 0.5) is 5.69 Å². The molecule has 0 saturated carbocycles. The number of hydrazone groups is 1. The third-order valence-corrected chi connectivity index (χ3v) is 6.56. The van der Waals surface area contributed by atoms with Gasteiger partial charge in [-0.2, -0.15) is 15.6 Å². The van der Waals surface area contributed by atoms with Gasteiger partial charge in [0.1, 0.15) is 17.8 Å². The van der Waals surface area contributed by atoms with Crippen LogP contribution in [-0.4, -0.2) is 30.3 Å². The van der Waals surface area contributed by atoms with Gasteiger partial charge in [0, 0.05) is 11.6 Å². The monoisotopic (exact) mass is 447 g/mol. The van der Waals surface area contributed by atoms with Crippen molar-refractivity contribution >= 4 is 17.8 Å². The molecule has 2 aliphatic heterocycles. The van der Waals surface area contributed by atoms with Crippen molar-refractivity contribution in [2.24, 2.45) is 10.5 Å². The molecule has 3 aromatic rings. The molecule has 0 aromatic heterocycles. The molecule has 1 N–H and O–H groups in total. The standard InChI is InChI=1S/C27H21N5O2/c1-34-21-13-11-18(12-14-21)23-24(26(33)31-20-8-3-2-4-9-20)32-25(27(23,16-28)17-29)22-10-6-5-7-19(22)15-30-32/h2-15,23-25H,1H3,(H,31,33)/t23-,24+,25-/m1/s1. The van der Waals surface area contributed by atoms with Crippen molar-refractivity contribution in [2.45, 2.75) is 18.0 Å². The Morgan fingerprint density at radius 3 is 2.35 bits per heavy atom. The second-order valence-electron chi connectivity index (χ2n) is 8.30. The normalized spacial score (nSPS) is 21.5. The van der Waals surface area contributed by atoms with E-state index in [1.807, 2.05) is 54.6 Å². The summed E-state index contributed by atoms with van der Waals surface area (Å²) in [7, 11) is 1.57. The number of rotatable bonds is 4. The SMILES string of the molecule is COc1ccc([C@@H]2[C@@H](C(=O)Nc3ccccc3)N3N=Cc4ccccc4[C@@H]3C2(C#N)C#N)cc1. The molecule has 2 heterocycles. The molecule has 0 radical (unpaired) electrons. The van der Waals surface area contributed by atoms with Gasteiger partial charge in [-0.15, -0.1) is 0 Å². The maximum absolute atomic E-state index is 13.7. The number of hydrogen-bond acceptors (Lipinski definition) is 6. The molecule has 1 fully saturated rings.